The van der Waals surface area contributed by atoms with Gasteiger partial charge in [0.25, 0.3) is 0 Å². The molecule has 2 rings (SSSR count). The van der Waals surface area contributed by atoms with Crippen molar-refractivity contribution in [2.75, 3.05) is 5.32 Å². The van der Waals surface area contributed by atoms with Crippen molar-refractivity contribution in [3.05, 3.63) is 59.7 Å². The van der Waals surface area contributed by atoms with Crippen molar-refractivity contribution in [3.8, 4) is 5.75 Å². The molecule has 2 heteroatoms. The highest BCUT2D eigenvalue weighted by molar-refractivity contribution is 5.52. The van der Waals surface area contributed by atoms with Gasteiger partial charge >= 0.3 is 0 Å². The van der Waals surface area contributed by atoms with Crippen LogP contribution in [0.2, 0.25) is 0 Å². The van der Waals surface area contributed by atoms with E-state index in [-0.39, 0.29) is 6.04 Å². The monoisotopic (exact) mass is 227 g/mol. The van der Waals surface area contributed by atoms with E-state index in [4.69, 9.17) is 0 Å². The van der Waals surface area contributed by atoms with Crippen LogP contribution >= 0.6 is 0 Å². The third-order valence-corrected chi connectivity index (χ3v) is 2.89. The van der Waals surface area contributed by atoms with E-state index in [0.717, 1.165) is 11.3 Å². The van der Waals surface area contributed by atoms with Gasteiger partial charge in [-0.15, -0.1) is 0 Å². The third-order valence-electron chi connectivity index (χ3n) is 2.89. The zero-order chi connectivity index (χ0) is 12.3. The summed E-state index contributed by atoms with van der Waals surface area (Å²) in [5.41, 5.74) is 3.43. The second kappa shape index (κ2) is 4.91. The summed E-state index contributed by atoms with van der Waals surface area (Å²) >= 11 is 0. The Balaban J connectivity index is 2.17. The number of hydrogen-bond acceptors (Lipinski definition) is 2. The topological polar surface area (TPSA) is 32.3 Å². The molecule has 0 bridgehead atoms. The Morgan fingerprint density at radius 3 is 2.53 bits per heavy atom. The molecule has 0 saturated heterocycles. The van der Waals surface area contributed by atoms with Crippen molar-refractivity contribution in [2.45, 2.75) is 19.9 Å². The van der Waals surface area contributed by atoms with Crippen LogP contribution in [0.3, 0.4) is 0 Å². The summed E-state index contributed by atoms with van der Waals surface area (Å²) in [5, 5.41) is 12.9. The molecule has 0 amide bonds. The predicted octanol–water partition coefficient (Wildman–Crippen LogP) is 3.87. The van der Waals surface area contributed by atoms with E-state index in [1.807, 2.05) is 24.3 Å². The van der Waals surface area contributed by atoms with E-state index in [9.17, 15) is 5.11 Å². The summed E-state index contributed by atoms with van der Waals surface area (Å²) in [4.78, 5) is 0. The number of nitrogens with one attached hydrogen (secondary N) is 1. The Morgan fingerprint density at radius 1 is 1.06 bits per heavy atom. The van der Waals surface area contributed by atoms with Crippen molar-refractivity contribution >= 4 is 5.69 Å². The number of aryl methyl sites for hydroxylation is 1. The molecule has 0 radical (unpaired) electrons. The summed E-state index contributed by atoms with van der Waals surface area (Å²) in [7, 11) is 0. The number of rotatable bonds is 3. The van der Waals surface area contributed by atoms with E-state index >= 15 is 0 Å². The van der Waals surface area contributed by atoms with Gasteiger partial charge in [0.05, 0.1) is 0 Å². The molecular formula is C15H17NO. The summed E-state index contributed by atoms with van der Waals surface area (Å²) in [5.74, 6) is 0.306. The Kier molecular flexibility index (Phi) is 3.33. The number of hydrogen-bond donors (Lipinski definition) is 2. The second-order valence-corrected chi connectivity index (χ2v) is 4.28. The summed E-state index contributed by atoms with van der Waals surface area (Å²) in [6, 6.07) is 15.7. The molecule has 1 atom stereocenters. The quantitative estimate of drug-likeness (QED) is 0.834. The molecule has 0 aliphatic rings. The van der Waals surface area contributed by atoms with Gasteiger partial charge in [0.2, 0.25) is 0 Å². The van der Waals surface area contributed by atoms with Gasteiger partial charge in [0, 0.05) is 11.7 Å². The number of para-hydroxylation sites is 1. The molecule has 2 N–H and O–H groups in total. The van der Waals surface area contributed by atoms with Crippen LogP contribution in [0.1, 0.15) is 24.1 Å². The molecule has 88 valence electrons. The smallest absolute Gasteiger partial charge is 0.115 e. The van der Waals surface area contributed by atoms with Crippen LogP contribution in [0.25, 0.3) is 0 Å². The zero-order valence-corrected chi connectivity index (χ0v) is 10.1. The van der Waals surface area contributed by atoms with Crippen LogP contribution in [0.5, 0.6) is 5.75 Å². The van der Waals surface area contributed by atoms with Crippen LogP contribution in [-0.2, 0) is 0 Å². The maximum atomic E-state index is 9.45. The minimum Gasteiger partial charge on any atom is -0.508 e. The van der Waals surface area contributed by atoms with Crippen LogP contribution < -0.4 is 5.32 Å². The number of anilines is 1. The summed E-state index contributed by atoms with van der Waals surface area (Å²) in [6.07, 6.45) is 0. The Hall–Kier alpha value is -1.96. The fourth-order valence-electron chi connectivity index (χ4n) is 1.85. The van der Waals surface area contributed by atoms with Gasteiger partial charge in [-0.05, 0) is 43.2 Å². The van der Waals surface area contributed by atoms with Crippen LogP contribution in [-0.4, -0.2) is 5.11 Å². The van der Waals surface area contributed by atoms with E-state index < -0.39 is 0 Å². The first-order valence-corrected chi connectivity index (χ1v) is 5.78. The number of benzene rings is 2. The maximum Gasteiger partial charge on any atom is 0.115 e. The lowest BCUT2D eigenvalue weighted by Crippen LogP contribution is -2.07. The number of phenolic OH excluding ortho intramolecular Hbond substituents is 1. The average Bonchev–Trinajstić information content (AvgIpc) is 2.32. The largest absolute Gasteiger partial charge is 0.508 e. The van der Waals surface area contributed by atoms with E-state index in [1.54, 1.807) is 12.1 Å². The molecule has 0 saturated carbocycles. The first-order chi connectivity index (χ1) is 8.16. The van der Waals surface area contributed by atoms with Gasteiger partial charge in [0.1, 0.15) is 5.75 Å². The molecule has 0 aliphatic carbocycles. The van der Waals surface area contributed by atoms with E-state index in [0.29, 0.717) is 5.75 Å². The molecule has 0 heterocycles. The number of phenols is 1. The van der Waals surface area contributed by atoms with Crippen LogP contribution in [0.4, 0.5) is 5.69 Å². The highest BCUT2D eigenvalue weighted by atomic mass is 16.3. The van der Waals surface area contributed by atoms with E-state index in [1.165, 1.54) is 5.56 Å². The standard InChI is InChI=1S/C15H17NO/c1-11-6-3-4-9-15(11)16-12(2)13-7-5-8-14(17)10-13/h3-10,12,16-17H,1-2H3. The molecule has 2 aromatic rings. The maximum absolute atomic E-state index is 9.45. The Morgan fingerprint density at radius 2 is 1.82 bits per heavy atom. The minimum atomic E-state index is 0.170. The molecule has 2 nitrogen and oxygen atoms in total. The Bertz CT molecular complexity index is 508. The molecule has 0 aliphatic heterocycles. The van der Waals surface area contributed by atoms with Crippen molar-refractivity contribution in [3.63, 3.8) is 0 Å². The molecule has 17 heavy (non-hydrogen) atoms. The highest BCUT2D eigenvalue weighted by Crippen LogP contribution is 2.23. The van der Waals surface area contributed by atoms with Crippen molar-refractivity contribution in [1.82, 2.24) is 0 Å². The lowest BCUT2D eigenvalue weighted by molar-refractivity contribution is 0.474. The van der Waals surface area contributed by atoms with Gasteiger partial charge in [-0.2, -0.15) is 0 Å². The van der Waals surface area contributed by atoms with Crippen molar-refractivity contribution in [1.29, 1.82) is 0 Å². The van der Waals surface area contributed by atoms with Crippen LogP contribution in [0.15, 0.2) is 48.5 Å². The number of aromatic hydroxyl groups is 1. The van der Waals surface area contributed by atoms with Gasteiger partial charge in [-0.25, -0.2) is 0 Å². The molecule has 0 fully saturated rings. The zero-order valence-electron chi connectivity index (χ0n) is 10.1. The van der Waals surface area contributed by atoms with Crippen LogP contribution in [0, 0.1) is 6.92 Å². The van der Waals surface area contributed by atoms with Crippen molar-refractivity contribution < 1.29 is 5.11 Å². The fourth-order valence-corrected chi connectivity index (χ4v) is 1.85. The molecule has 2 aromatic carbocycles. The second-order valence-electron chi connectivity index (χ2n) is 4.28. The first kappa shape index (κ1) is 11.5. The first-order valence-electron chi connectivity index (χ1n) is 5.78. The van der Waals surface area contributed by atoms with E-state index in [2.05, 4.69) is 31.3 Å². The summed E-state index contributed by atoms with van der Waals surface area (Å²) < 4.78 is 0. The predicted molar refractivity (Wildman–Crippen MR) is 71.3 cm³/mol. The molecule has 0 spiro atoms. The van der Waals surface area contributed by atoms with Gasteiger partial charge < -0.3 is 10.4 Å². The average molecular weight is 227 g/mol. The van der Waals surface area contributed by atoms with Crippen molar-refractivity contribution in [2.24, 2.45) is 0 Å². The van der Waals surface area contributed by atoms with Gasteiger partial charge in [-0.1, -0.05) is 30.3 Å². The summed E-state index contributed by atoms with van der Waals surface area (Å²) in [6.45, 7) is 4.17. The SMILES string of the molecule is Cc1ccccc1NC(C)c1cccc(O)c1. The minimum absolute atomic E-state index is 0.170. The molecule has 1 unspecified atom stereocenters. The Labute approximate surface area is 102 Å². The molecule has 0 aromatic heterocycles. The normalized spacial score (nSPS) is 12.1. The van der Waals surface area contributed by atoms with Gasteiger partial charge in [-0.3, -0.25) is 0 Å². The molecular weight excluding hydrogens is 210 g/mol. The lowest BCUT2D eigenvalue weighted by Gasteiger charge is -2.17. The third kappa shape index (κ3) is 2.78. The van der Waals surface area contributed by atoms with Gasteiger partial charge in [0.15, 0.2) is 0 Å². The fraction of sp³-hybridized carbons (Fsp3) is 0.200. The highest BCUT2D eigenvalue weighted by Gasteiger charge is 2.06. The lowest BCUT2D eigenvalue weighted by atomic mass is 10.1.